The normalized spacial score (nSPS) is 15.0. The lowest BCUT2D eigenvalue weighted by molar-refractivity contribution is 0.0336. The molecule has 0 aliphatic rings. The van der Waals surface area contributed by atoms with Gasteiger partial charge in [-0.2, -0.15) is 12.6 Å². The third-order valence-corrected chi connectivity index (χ3v) is 2.88. The van der Waals surface area contributed by atoms with Gasteiger partial charge in [0.2, 0.25) is 0 Å². The molecule has 0 saturated carbocycles. The van der Waals surface area contributed by atoms with Crippen LogP contribution in [0.4, 0.5) is 0 Å². The molecule has 0 aliphatic heterocycles. The summed E-state index contributed by atoms with van der Waals surface area (Å²) in [5.41, 5.74) is 1.05. The lowest BCUT2D eigenvalue weighted by Crippen LogP contribution is -2.19. The lowest BCUT2D eigenvalue weighted by atomic mass is 10.0. The Kier molecular flexibility index (Phi) is 4.89. The molecule has 0 amide bonds. The van der Waals surface area contributed by atoms with Gasteiger partial charge in [-0.15, -0.1) is 0 Å². The summed E-state index contributed by atoms with van der Waals surface area (Å²) >= 11 is 9.68. The minimum atomic E-state index is -1.01. The van der Waals surface area contributed by atoms with Crippen LogP contribution in [0, 0.1) is 0 Å². The molecule has 1 rings (SSSR count). The fourth-order valence-corrected chi connectivity index (χ4v) is 1.60. The van der Waals surface area contributed by atoms with Crippen molar-refractivity contribution >= 4 is 24.2 Å². The number of hydrogen-bond acceptors (Lipinski definition) is 4. The molecule has 0 spiro atoms. The molecular weight excluding hydrogens is 236 g/mol. The maximum atomic E-state index is 9.68. The minimum absolute atomic E-state index is 0.165. The highest BCUT2D eigenvalue weighted by atomic mass is 35.5. The predicted molar refractivity (Wildman–Crippen MR) is 62.2 cm³/mol. The first-order chi connectivity index (χ1) is 7.10. The van der Waals surface area contributed by atoms with Crippen LogP contribution in [0.5, 0.6) is 0 Å². The highest BCUT2D eigenvalue weighted by Gasteiger charge is 2.17. The summed E-state index contributed by atoms with van der Waals surface area (Å²) < 4.78 is 0. The first-order valence-electron chi connectivity index (χ1n) is 4.46. The Morgan fingerprint density at radius 3 is 2.53 bits per heavy atom. The Hall–Kier alpha value is -0.260. The van der Waals surface area contributed by atoms with E-state index >= 15 is 0 Å². The summed E-state index contributed by atoms with van der Waals surface area (Å²) in [7, 11) is 0. The summed E-state index contributed by atoms with van der Waals surface area (Å²) in [6.45, 7) is -0.198. The van der Waals surface area contributed by atoms with Crippen LogP contribution in [-0.2, 0) is 6.61 Å². The van der Waals surface area contributed by atoms with Crippen LogP contribution >= 0.6 is 24.2 Å². The maximum Gasteiger partial charge on any atom is 0.106 e. The van der Waals surface area contributed by atoms with Gasteiger partial charge in [0.05, 0.1) is 12.7 Å². The molecule has 0 heterocycles. The molecule has 1 aromatic rings. The van der Waals surface area contributed by atoms with Gasteiger partial charge in [0.15, 0.2) is 0 Å². The Bertz CT molecular complexity index is 332. The quantitative estimate of drug-likeness (QED) is 0.605. The molecule has 1 aromatic carbocycles. The van der Waals surface area contributed by atoms with Gasteiger partial charge in [-0.25, -0.2) is 0 Å². The lowest BCUT2D eigenvalue weighted by Gasteiger charge is -2.17. The van der Waals surface area contributed by atoms with Crippen molar-refractivity contribution in [2.75, 3.05) is 5.75 Å². The van der Waals surface area contributed by atoms with Crippen LogP contribution in [0.3, 0.4) is 0 Å². The van der Waals surface area contributed by atoms with Crippen LogP contribution in [0.1, 0.15) is 17.2 Å². The van der Waals surface area contributed by atoms with Crippen molar-refractivity contribution in [2.45, 2.75) is 18.8 Å². The average Bonchev–Trinajstić information content (AvgIpc) is 2.27. The predicted octanol–water partition coefficient (Wildman–Crippen LogP) is 1.16. The van der Waals surface area contributed by atoms with Crippen molar-refractivity contribution in [3.8, 4) is 0 Å². The van der Waals surface area contributed by atoms with E-state index in [4.69, 9.17) is 16.7 Å². The molecule has 84 valence electrons. The van der Waals surface area contributed by atoms with Crippen LogP contribution in [0.15, 0.2) is 18.2 Å². The summed E-state index contributed by atoms with van der Waals surface area (Å²) in [6, 6.07) is 4.76. The third-order valence-electron chi connectivity index (χ3n) is 2.13. The van der Waals surface area contributed by atoms with Crippen molar-refractivity contribution < 1.29 is 15.3 Å². The van der Waals surface area contributed by atoms with Crippen LogP contribution in [0.25, 0.3) is 0 Å². The molecule has 0 radical (unpaired) electrons. The first kappa shape index (κ1) is 12.8. The van der Waals surface area contributed by atoms with Gasteiger partial charge in [0.25, 0.3) is 0 Å². The number of aliphatic hydroxyl groups excluding tert-OH is 3. The van der Waals surface area contributed by atoms with Gasteiger partial charge >= 0.3 is 0 Å². The Balaban J connectivity index is 2.95. The maximum absolute atomic E-state index is 9.68. The summed E-state index contributed by atoms with van der Waals surface area (Å²) in [5.74, 6) is 0.165. The van der Waals surface area contributed by atoms with E-state index in [2.05, 4.69) is 12.6 Å². The van der Waals surface area contributed by atoms with E-state index in [0.717, 1.165) is 0 Å². The Morgan fingerprint density at radius 1 is 1.33 bits per heavy atom. The third kappa shape index (κ3) is 3.09. The topological polar surface area (TPSA) is 60.7 Å². The molecular formula is C10H13ClO3S. The fraction of sp³-hybridized carbons (Fsp3) is 0.400. The van der Waals surface area contributed by atoms with Crippen molar-refractivity contribution in [2.24, 2.45) is 0 Å². The highest BCUT2D eigenvalue weighted by molar-refractivity contribution is 7.80. The minimum Gasteiger partial charge on any atom is -0.392 e. The molecule has 5 heteroatoms. The smallest absolute Gasteiger partial charge is 0.106 e. The number of halogens is 1. The Morgan fingerprint density at radius 2 is 2.00 bits per heavy atom. The van der Waals surface area contributed by atoms with Gasteiger partial charge in [0, 0.05) is 10.8 Å². The molecule has 2 unspecified atom stereocenters. The van der Waals surface area contributed by atoms with Crippen molar-refractivity contribution in [3.63, 3.8) is 0 Å². The van der Waals surface area contributed by atoms with Crippen molar-refractivity contribution in [1.82, 2.24) is 0 Å². The summed E-state index contributed by atoms with van der Waals surface area (Å²) in [6.07, 6.45) is -1.94. The van der Waals surface area contributed by atoms with Gasteiger partial charge in [-0.05, 0) is 23.3 Å². The molecule has 0 saturated heterocycles. The molecule has 3 nitrogen and oxygen atoms in total. The van der Waals surface area contributed by atoms with Gasteiger partial charge in [-0.1, -0.05) is 17.7 Å². The molecule has 2 atom stereocenters. The summed E-state index contributed by atoms with van der Waals surface area (Å²) in [5, 5.41) is 28.5. The van der Waals surface area contributed by atoms with Gasteiger partial charge < -0.3 is 15.3 Å². The van der Waals surface area contributed by atoms with E-state index < -0.39 is 12.2 Å². The zero-order valence-electron chi connectivity index (χ0n) is 7.97. The molecule has 0 fully saturated rings. The van der Waals surface area contributed by atoms with Gasteiger partial charge in [-0.3, -0.25) is 0 Å². The number of hydrogen-bond donors (Lipinski definition) is 4. The van der Waals surface area contributed by atoms with E-state index in [0.29, 0.717) is 16.1 Å². The SMILES string of the molecule is OCc1cc(C(O)C(O)CS)ccc1Cl. The highest BCUT2D eigenvalue weighted by Crippen LogP contribution is 2.23. The van der Waals surface area contributed by atoms with Crippen LogP contribution < -0.4 is 0 Å². The van der Waals surface area contributed by atoms with E-state index in [1.165, 1.54) is 0 Å². The monoisotopic (exact) mass is 248 g/mol. The zero-order chi connectivity index (χ0) is 11.4. The van der Waals surface area contributed by atoms with Crippen LogP contribution in [0.2, 0.25) is 5.02 Å². The number of benzene rings is 1. The second-order valence-electron chi connectivity index (χ2n) is 3.20. The van der Waals surface area contributed by atoms with E-state index in [-0.39, 0.29) is 12.4 Å². The standard InChI is InChI=1S/C10H13ClO3S/c11-8-2-1-6(3-7(8)4-12)10(14)9(13)5-15/h1-3,9-10,12-15H,4-5H2. The van der Waals surface area contributed by atoms with Crippen LogP contribution in [-0.4, -0.2) is 27.2 Å². The first-order valence-corrected chi connectivity index (χ1v) is 5.47. The summed E-state index contributed by atoms with van der Waals surface area (Å²) in [4.78, 5) is 0. The van der Waals surface area contributed by atoms with E-state index in [1.807, 2.05) is 0 Å². The molecule has 0 aliphatic carbocycles. The molecule has 0 aromatic heterocycles. The fourth-order valence-electron chi connectivity index (χ4n) is 1.22. The van der Waals surface area contributed by atoms with E-state index in [1.54, 1.807) is 18.2 Å². The zero-order valence-corrected chi connectivity index (χ0v) is 9.62. The number of rotatable bonds is 4. The van der Waals surface area contributed by atoms with Gasteiger partial charge in [0.1, 0.15) is 6.10 Å². The van der Waals surface area contributed by atoms with Crippen molar-refractivity contribution in [1.29, 1.82) is 0 Å². The van der Waals surface area contributed by atoms with E-state index in [9.17, 15) is 10.2 Å². The average molecular weight is 249 g/mol. The second-order valence-corrected chi connectivity index (χ2v) is 3.98. The largest absolute Gasteiger partial charge is 0.392 e. The number of aliphatic hydroxyl groups is 3. The molecule has 3 N–H and O–H groups in total. The Labute approximate surface area is 98.7 Å². The second kappa shape index (κ2) is 5.72. The molecule has 15 heavy (non-hydrogen) atoms. The number of thiol groups is 1. The molecule has 0 bridgehead atoms. The van der Waals surface area contributed by atoms with Crippen molar-refractivity contribution in [3.05, 3.63) is 34.3 Å².